The molecule has 0 fully saturated rings. The second-order valence-electron chi connectivity index (χ2n) is 6.87. The molecule has 2 aromatic carbocycles. The number of ether oxygens (including phenoxy) is 3. The molecule has 9 nitrogen and oxygen atoms in total. The van der Waals surface area contributed by atoms with Crippen molar-refractivity contribution < 1.29 is 28.2 Å². The molecular weight excluding hydrogens is 426 g/mol. The average molecular weight is 451 g/mol. The molecule has 0 atom stereocenters. The second kappa shape index (κ2) is 11.9. The molecule has 0 spiro atoms. The van der Waals surface area contributed by atoms with Gasteiger partial charge in [-0.1, -0.05) is 6.07 Å². The minimum Gasteiger partial charge on any atom is -0.493 e. The van der Waals surface area contributed by atoms with Gasteiger partial charge in [-0.2, -0.15) is 5.10 Å². The van der Waals surface area contributed by atoms with Gasteiger partial charge in [0.25, 0.3) is 5.91 Å². The number of nitrogens with one attached hydrogen (secondary N) is 2. The third-order valence-electron chi connectivity index (χ3n) is 4.51. The van der Waals surface area contributed by atoms with Crippen molar-refractivity contribution in [2.75, 3.05) is 20.8 Å². The average Bonchev–Trinajstić information content (AvgIpc) is 3.36. The zero-order valence-corrected chi connectivity index (χ0v) is 18.4. The first-order valence-electron chi connectivity index (χ1n) is 10.1. The number of rotatable bonds is 11. The van der Waals surface area contributed by atoms with Gasteiger partial charge in [0, 0.05) is 0 Å². The van der Waals surface area contributed by atoms with Crippen molar-refractivity contribution in [3.05, 3.63) is 77.7 Å². The highest BCUT2D eigenvalue weighted by Crippen LogP contribution is 2.27. The Morgan fingerprint density at radius 1 is 1.00 bits per heavy atom. The summed E-state index contributed by atoms with van der Waals surface area (Å²) in [5, 5.41) is 6.67. The highest BCUT2D eigenvalue weighted by Gasteiger charge is 2.08. The van der Waals surface area contributed by atoms with Crippen molar-refractivity contribution in [2.24, 2.45) is 5.10 Å². The topological polar surface area (TPSA) is 111 Å². The standard InChI is InChI=1S/C24H25N3O6/c1-30-21-10-7-18(12-22(21)31-2)13-23(28)27-26-14-17-5-8-19(9-6-17)33-16-24(29)25-15-20-4-3-11-32-20/h3-12,14H,13,15-16H2,1-2H3,(H,25,29)(H,27,28)/b26-14-. The van der Waals surface area contributed by atoms with Crippen LogP contribution in [-0.2, 0) is 22.6 Å². The van der Waals surface area contributed by atoms with Crippen LogP contribution in [0.15, 0.2) is 70.4 Å². The summed E-state index contributed by atoms with van der Waals surface area (Å²) in [6, 6.07) is 15.8. The molecule has 0 saturated heterocycles. The summed E-state index contributed by atoms with van der Waals surface area (Å²) < 4.78 is 21.0. The van der Waals surface area contributed by atoms with Gasteiger partial charge < -0.3 is 23.9 Å². The smallest absolute Gasteiger partial charge is 0.258 e. The fraction of sp³-hybridized carbons (Fsp3) is 0.208. The maximum atomic E-state index is 12.1. The van der Waals surface area contributed by atoms with E-state index in [0.29, 0.717) is 29.6 Å². The monoisotopic (exact) mass is 451 g/mol. The molecule has 0 aliphatic rings. The summed E-state index contributed by atoms with van der Waals surface area (Å²) in [6.07, 6.45) is 3.21. The number of hydrogen-bond donors (Lipinski definition) is 2. The van der Waals surface area contributed by atoms with Crippen LogP contribution in [0.25, 0.3) is 0 Å². The van der Waals surface area contributed by atoms with Crippen LogP contribution in [0.3, 0.4) is 0 Å². The predicted molar refractivity (Wildman–Crippen MR) is 121 cm³/mol. The van der Waals surface area contributed by atoms with Gasteiger partial charge >= 0.3 is 0 Å². The number of methoxy groups -OCH3 is 2. The number of carbonyl (C=O) groups excluding carboxylic acids is 2. The third kappa shape index (κ3) is 7.42. The van der Waals surface area contributed by atoms with E-state index in [-0.39, 0.29) is 24.8 Å². The Kier molecular flexibility index (Phi) is 8.47. The van der Waals surface area contributed by atoms with Crippen LogP contribution in [0, 0.1) is 0 Å². The normalized spacial score (nSPS) is 10.6. The number of nitrogens with zero attached hydrogens (tertiary/aromatic N) is 1. The Balaban J connectivity index is 1.41. The molecule has 1 heterocycles. The molecule has 2 amide bonds. The number of benzene rings is 2. The van der Waals surface area contributed by atoms with Crippen molar-refractivity contribution in [2.45, 2.75) is 13.0 Å². The first kappa shape index (κ1) is 23.4. The summed E-state index contributed by atoms with van der Waals surface area (Å²) in [5.41, 5.74) is 4.03. The fourth-order valence-corrected chi connectivity index (χ4v) is 2.84. The number of hydrogen-bond acceptors (Lipinski definition) is 7. The van der Waals surface area contributed by atoms with Gasteiger partial charge in [-0.3, -0.25) is 9.59 Å². The van der Waals surface area contributed by atoms with E-state index in [9.17, 15) is 9.59 Å². The summed E-state index contributed by atoms with van der Waals surface area (Å²) in [7, 11) is 3.10. The van der Waals surface area contributed by atoms with Crippen LogP contribution >= 0.6 is 0 Å². The van der Waals surface area contributed by atoms with Gasteiger partial charge in [-0.25, -0.2) is 5.43 Å². The molecule has 0 unspecified atom stereocenters. The van der Waals surface area contributed by atoms with Gasteiger partial charge in [-0.15, -0.1) is 0 Å². The summed E-state index contributed by atoms with van der Waals surface area (Å²) in [4.78, 5) is 24.0. The van der Waals surface area contributed by atoms with Gasteiger partial charge in [0.15, 0.2) is 18.1 Å². The van der Waals surface area contributed by atoms with Crippen LogP contribution in [0.5, 0.6) is 17.2 Å². The molecule has 0 bridgehead atoms. The molecule has 0 aliphatic heterocycles. The first-order chi connectivity index (χ1) is 16.1. The van der Waals surface area contributed by atoms with E-state index >= 15 is 0 Å². The van der Waals surface area contributed by atoms with E-state index in [2.05, 4.69) is 15.8 Å². The van der Waals surface area contributed by atoms with E-state index in [4.69, 9.17) is 18.6 Å². The first-order valence-corrected chi connectivity index (χ1v) is 10.1. The van der Waals surface area contributed by atoms with Gasteiger partial charge in [0.05, 0.1) is 39.7 Å². The molecule has 2 N–H and O–H groups in total. The van der Waals surface area contributed by atoms with Crippen LogP contribution in [0.4, 0.5) is 0 Å². The summed E-state index contributed by atoms with van der Waals surface area (Å²) in [5.74, 6) is 1.85. The van der Waals surface area contributed by atoms with E-state index < -0.39 is 0 Å². The van der Waals surface area contributed by atoms with Gasteiger partial charge in [0.1, 0.15) is 11.5 Å². The van der Waals surface area contributed by atoms with E-state index in [0.717, 1.165) is 11.1 Å². The highest BCUT2D eigenvalue weighted by molar-refractivity contribution is 5.83. The van der Waals surface area contributed by atoms with Crippen LogP contribution in [0.2, 0.25) is 0 Å². The minimum atomic E-state index is -0.265. The number of carbonyl (C=O) groups is 2. The molecule has 0 aliphatic carbocycles. The van der Waals surface area contributed by atoms with E-state index in [1.165, 1.54) is 6.21 Å². The Hall–Kier alpha value is -4.27. The molecule has 9 heteroatoms. The molecule has 3 rings (SSSR count). The summed E-state index contributed by atoms with van der Waals surface area (Å²) in [6.45, 7) is 0.197. The zero-order chi connectivity index (χ0) is 23.5. The van der Waals surface area contributed by atoms with Crippen molar-refractivity contribution >= 4 is 18.0 Å². The lowest BCUT2D eigenvalue weighted by Gasteiger charge is -2.09. The van der Waals surface area contributed by atoms with Crippen LogP contribution in [-0.4, -0.2) is 38.9 Å². The molecular formula is C24H25N3O6. The van der Waals surface area contributed by atoms with Crippen LogP contribution < -0.4 is 25.0 Å². The van der Waals surface area contributed by atoms with E-state index in [1.54, 1.807) is 75.1 Å². The van der Waals surface area contributed by atoms with Crippen molar-refractivity contribution in [1.82, 2.24) is 10.7 Å². The minimum absolute atomic E-state index is 0.111. The highest BCUT2D eigenvalue weighted by atomic mass is 16.5. The molecule has 0 radical (unpaired) electrons. The lowest BCUT2D eigenvalue weighted by atomic mass is 10.1. The third-order valence-corrected chi connectivity index (χ3v) is 4.51. The van der Waals surface area contributed by atoms with Crippen molar-refractivity contribution in [3.63, 3.8) is 0 Å². The fourth-order valence-electron chi connectivity index (χ4n) is 2.84. The van der Waals surface area contributed by atoms with Crippen molar-refractivity contribution in [1.29, 1.82) is 0 Å². The van der Waals surface area contributed by atoms with Crippen LogP contribution in [0.1, 0.15) is 16.9 Å². The predicted octanol–water partition coefficient (Wildman–Crippen LogP) is 2.68. The maximum absolute atomic E-state index is 12.1. The maximum Gasteiger partial charge on any atom is 0.258 e. The Morgan fingerprint density at radius 2 is 1.79 bits per heavy atom. The zero-order valence-electron chi connectivity index (χ0n) is 18.4. The Labute approximate surface area is 191 Å². The quantitative estimate of drug-likeness (QED) is 0.343. The second-order valence-corrected chi connectivity index (χ2v) is 6.87. The number of amides is 2. The SMILES string of the molecule is COc1ccc(CC(=O)N/N=C\c2ccc(OCC(=O)NCc3ccco3)cc2)cc1OC. The number of hydrazone groups is 1. The molecule has 0 saturated carbocycles. The van der Waals surface area contributed by atoms with Gasteiger partial charge in [-0.05, 0) is 59.7 Å². The molecule has 172 valence electrons. The van der Waals surface area contributed by atoms with E-state index in [1.807, 2.05) is 0 Å². The lowest BCUT2D eigenvalue weighted by Crippen LogP contribution is -2.28. The molecule has 33 heavy (non-hydrogen) atoms. The number of furan rings is 1. The Bertz CT molecular complexity index is 1080. The Morgan fingerprint density at radius 3 is 2.48 bits per heavy atom. The molecule has 1 aromatic heterocycles. The molecule has 3 aromatic rings. The van der Waals surface area contributed by atoms with Crippen molar-refractivity contribution in [3.8, 4) is 17.2 Å². The summed E-state index contributed by atoms with van der Waals surface area (Å²) >= 11 is 0. The largest absolute Gasteiger partial charge is 0.493 e. The van der Waals surface area contributed by atoms with Gasteiger partial charge in [0.2, 0.25) is 5.91 Å². The lowest BCUT2D eigenvalue weighted by molar-refractivity contribution is -0.123.